The molecule has 0 aliphatic carbocycles. The first-order valence-corrected chi connectivity index (χ1v) is 8.74. The Morgan fingerprint density at radius 1 is 1.58 bits per heavy atom. The van der Waals surface area contributed by atoms with Gasteiger partial charge in [-0.3, -0.25) is 0 Å². The van der Waals surface area contributed by atoms with Gasteiger partial charge in [0.15, 0.2) is 5.16 Å². The molecule has 3 rings (SSSR count). The Bertz CT molecular complexity index is 691. The molecule has 102 valence electrons. The fourth-order valence-electron chi connectivity index (χ4n) is 2.38. The SMILES string of the molecule is CC[C@@]1(C)Cc2c(sc3nc(SC)[nH]c(=S)c23)CO1. The molecule has 2 aromatic rings. The van der Waals surface area contributed by atoms with Gasteiger partial charge in [0.2, 0.25) is 0 Å². The molecule has 0 fully saturated rings. The summed E-state index contributed by atoms with van der Waals surface area (Å²) in [5.74, 6) is 0. The van der Waals surface area contributed by atoms with Gasteiger partial charge in [-0.05, 0) is 25.2 Å². The van der Waals surface area contributed by atoms with Gasteiger partial charge in [-0.25, -0.2) is 4.98 Å². The van der Waals surface area contributed by atoms with Gasteiger partial charge in [0.1, 0.15) is 9.47 Å². The van der Waals surface area contributed by atoms with Crippen LogP contribution in [0.15, 0.2) is 5.16 Å². The summed E-state index contributed by atoms with van der Waals surface area (Å²) >= 11 is 8.82. The number of thiophene rings is 1. The number of nitrogens with one attached hydrogen (secondary N) is 1. The van der Waals surface area contributed by atoms with Crippen LogP contribution in [0.5, 0.6) is 0 Å². The monoisotopic (exact) mass is 312 g/mol. The second-order valence-corrected chi connectivity index (χ2v) is 7.31. The molecule has 1 atom stereocenters. The maximum absolute atomic E-state index is 6.00. The number of hydrogen-bond donors (Lipinski definition) is 1. The van der Waals surface area contributed by atoms with Crippen LogP contribution in [-0.2, 0) is 17.8 Å². The number of aromatic nitrogens is 2. The number of H-pyrrole nitrogens is 1. The number of hydrogen-bond acceptors (Lipinski definition) is 5. The van der Waals surface area contributed by atoms with Gasteiger partial charge in [-0.2, -0.15) is 0 Å². The van der Waals surface area contributed by atoms with Gasteiger partial charge < -0.3 is 9.72 Å². The van der Waals surface area contributed by atoms with Gasteiger partial charge in [-0.1, -0.05) is 30.9 Å². The smallest absolute Gasteiger partial charge is 0.167 e. The lowest BCUT2D eigenvalue weighted by Gasteiger charge is -2.32. The number of nitrogens with zero attached hydrogens (tertiary/aromatic N) is 1. The summed E-state index contributed by atoms with van der Waals surface area (Å²) in [6, 6.07) is 0. The lowest BCUT2D eigenvalue weighted by atomic mass is 9.90. The van der Waals surface area contributed by atoms with Crippen LogP contribution in [0.2, 0.25) is 0 Å². The minimum absolute atomic E-state index is 0.0685. The largest absolute Gasteiger partial charge is 0.369 e. The van der Waals surface area contributed by atoms with E-state index >= 15 is 0 Å². The summed E-state index contributed by atoms with van der Waals surface area (Å²) in [5, 5.41) is 2.02. The van der Waals surface area contributed by atoms with Crippen LogP contribution in [0.25, 0.3) is 10.2 Å². The molecule has 0 saturated heterocycles. The third-order valence-electron chi connectivity index (χ3n) is 3.77. The van der Waals surface area contributed by atoms with Gasteiger partial charge in [0, 0.05) is 16.7 Å². The summed E-state index contributed by atoms with van der Waals surface area (Å²) in [5.41, 5.74) is 1.28. The molecule has 0 spiro atoms. The molecule has 6 heteroatoms. The second-order valence-electron chi connectivity index (χ2n) is 5.03. The van der Waals surface area contributed by atoms with E-state index in [4.69, 9.17) is 17.0 Å². The molecule has 0 aromatic carbocycles. The zero-order valence-corrected chi connectivity index (χ0v) is 13.7. The molecule has 1 aliphatic rings. The van der Waals surface area contributed by atoms with Crippen LogP contribution in [0.1, 0.15) is 30.7 Å². The van der Waals surface area contributed by atoms with E-state index in [2.05, 4.69) is 23.8 Å². The quantitative estimate of drug-likeness (QED) is 0.509. The van der Waals surface area contributed by atoms with Crippen LogP contribution < -0.4 is 0 Å². The van der Waals surface area contributed by atoms with Crippen molar-refractivity contribution in [2.75, 3.05) is 6.26 Å². The standard InChI is InChI=1S/C13H16N2OS3/c1-4-13(2)5-7-8(6-16-13)19-11-9(7)10(17)14-12(15-11)18-3/h4-6H2,1-3H3,(H,14,15,17)/t13-/m0/s1. The lowest BCUT2D eigenvalue weighted by Crippen LogP contribution is -2.33. The zero-order valence-electron chi connectivity index (χ0n) is 11.2. The predicted molar refractivity (Wildman–Crippen MR) is 83.8 cm³/mol. The third-order valence-corrected chi connectivity index (χ3v) is 5.75. The number of ether oxygens (including phenoxy) is 1. The highest BCUT2D eigenvalue weighted by molar-refractivity contribution is 7.98. The number of thioether (sulfide) groups is 1. The zero-order chi connectivity index (χ0) is 13.6. The van der Waals surface area contributed by atoms with E-state index < -0.39 is 0 Å². The Labute approximate surface area is 125 Å². The number of aromatic amines is 1. The van der Waals surface area contributed by atoms with E-state index in [1.165, 1.54) is 10.4 Å². The van der Waals surface area contributed by atoms with Gasteiger partial charge in [-0.15, -0.1) is 11.3 Å². The molecule has 3 heterocycles. The van der Waals surface area contributed by atoms with E-state index in [0.717, 1.165) is 32.9 Å². The Morgan fingerprint density at radius 2 is 2.37 bits per heavy atom. The Morgan fingerprint density at radius 3 is 3.05 bits per heavy atom. The Hall–Kier alpha value is -0.430. The summed E-state index contributed by atoms with van der Waals surface area (Å²) in [6.07, 6.45) is 3.94. The van der Waals surface area contributed by atoms with Crippen molar-refractivity contribution in [3.05, 3.63) is 15.1 Å². The first kappa shape index (κ1) is 13.5. The van der Waals surface area contributed by atoms with E-state index in [1.807, 2.05) is 6.26 Å². The molecule has 0 unspecified atom stereocenters. The summed E-state index contributed by atoms with van der Waals surface area (Å²) in [6.45, 7) is 5.03. The fraction of sp³-hybridized carbons (Fsp3) is 0.538. The lowest BCUT2D eigenvalue weighted by molar-refractivity contribution is -0.0543. The maximum atomic E-state index is 6.00. The maximum Gasteiger partial charge on any atom is 0.167 e. The molecular formula is C13H16N2OS3. The molecule has 0 amide bonds. The van der Waals surface area contributed by atoms with Crippen molar-refractivity contribution in [3.63, 3.8) is 0 Å². The highest BCUT2D eigenvalue weighted by Crippen LogP contribution is 2.39. The van der Waals surface area contributed by atoms with Crippen molar-refractivity contribution in [2.45, 2.75) is 44.1 Å². The second kappa shape index (κ2) is 4.84. The summed E-state index contributed by atoms with van der Waals surface area (Å²) in [7, 11) is 0. The third kappa shape index (κ3) is 2.24. The fourth-order valence-corrected chi connectivity index (χ4v) is 4.39. The van der Waals surface area contributed by atoms with E-state index in [1.54, 1.807) is 23.1 Å². The predicted octanol–water partition coefficient (Wildman–Crippen LogP) is 4.32. The average Bonchev–Trinajstić information content (AvgIpc) is 2.76. The van der Waals surface area contributed by atoms with E-state index in [0.29, 0.717) is 6.61 Å². The van der Waals surface area contributed by atoms with Gasteiger partial charge in [0.25, 0.3) is 0 Å². The summed E-state index contributed by atoms with van der Waals surface area (Å²) in [4.78, 5) is 10.2. The van der Waals surface area contributed by atoms with Crippen LogP contribution >= 0.6 is 35.3 Å². The van der Waals surface area contributed by atoms with Crippen molar-refractivity contribution >= 4 is 45.5 Å². The van der Waals surface area contributed by atoms with Crippen LogP contribution in [0.4, 0.5) is 0 Å². The first-order chi connectivity index (χ1) is 9.06. The molecule has 0 bridgehead atoms. The van der Waals surface area contributed by atoms with Crippen LogP contribution in [0, 0.1) is 4.64 Å². The molecule has 1 N–H and O–H groups in total. The van der Waals surface area contributed by atoms with Crippen LogP contribution in [-0.4, -0.2) is 21.8 Å². The molecular weight excluding hydrogens is 296 g/mol. The van der Waals surface area contributed by atoms with Crippen molar-refractivity contribution in [1.29, 1.82) is 0 Å². The molecule has 3 nitrogen and oxygen atoms in total. The number of rotatable bonds is 2. The van der Waals surface area contributed by atoms with Crippen molar-refractivity contribution in [2.24, 2.45) is 0 Å². The molecule has 0 radical (unpaired) electrons. The topological polar surface area (TPSA) is 37.9 Å². The Kier molecular flexibility index (Phi) is 3.45. The van der Waals surface area contributed by atoms with E-state index in [9.17, 15) is 0 Å². The minimum Gasteiger partial charge on any atom is -0.369 e. The van der Waals surface area contributed by atoms with Crippen molar-refractivity contribution in [1.82, 2.24) is 9.97 Å². The highest BCUT2D eigenvalue weighted by atomic mass is 32.2. The average molecular weight is 312 g/mol. The van der Waals surface area contributed by atoms with E-state index in [-0.39, 0.29) is 5.60 Å². The molecule has 1 aliphatic heterocycles. The van der Waals surface area contributed by atoms with Gasteiger partial charge in [0.05, 0.1) is 12.2 Å². The molecule has 2 aromatic heterocycles. The summed E-state index contributed by atoms with van der Waals surface area (Å²) < 4.78 is 6.81. The van der Waals surface area contributed by atoms with Crippen molar-refractivity contribution in [3.8, 4) is 0 Å². The molecule has 0 saturated carbocycles. The van der Waals surface area contributed by atoms with Crippen LogP contribution in [0.3, 0.4) is 0 Å². The molecule has 19 heavy (non-hydrogen) atoms. The first-order valence-electron chi connectivity index (χ1n) is 6.29. The Balaban J connectivity index is 2.21. The van der Waals surface area contributed by atoms with Crippen molar-refractivity contribution < 1.29 is 4.74 Å². The number of fused-ring (bicyclic) bond motifs is 3. The normalized spacial score (nSPS) is 22.7. The van der Waals surface area contributed by atoms with Gasteiger partial charge >= 0.3 is 0 Å². The highest BCUT2D eigenvalue weighted by Gasteiger charge is 2.32. The minimum atomic E-state index is -0.0685.